The van der Waals surface area contributed by atoms with Gasteiger partial charge in [-0.25, -0.2) is 14.6 Å². The van der Waals surface area contributed by atoms with Gasteiger partial charge in [0.1, 0.15) is 42.5 Å². The van der Waals surface area contributed by atoms with E-state index in [1.807, 2.05) is 0 Å². The summed E-state index contributed by atoms with van der Waals surface area (Å²) in [5, 5.41) is 3.67. The number of rotatable bonds is 5. The van der Waals surface area contributed by atoms with Crippen molar-refractivity contribution >= 4 is 5.78 Å². The van der Waals surface area contributed by atoms with Crippen LogP contribution in [0, 0.1) is 0 Å². The predicted octanol–water partition coefficient (Wildman–Crippen LogP) is 3.51. The molecule has 0 amide bonds. The van der Waals surface area contributed by atoms with E-state index in [4.69, 9.17) is 9.47 Å². The molecule has 4 rings (SSSR count). The van der Waals surface area contributed by atoms with E-state index in [9.17, 15) is 18.0 Å². The molecule has 3 aromatic rings. The van der Waals surface area contributed by atoms with Gasteiger partial charge in [0.15, 0.2) is 17.2 Å². The van der Waals surface area contributed by atoms with Crippen LogP contribution < -0.4 is 9.47 Å². The van der Waals surface area contributed by atoms with Gasteiger partial charge < -0.3 is 14.0 Å². The maximum atomic E-state index is 12.8. The van der Waals surface area contributed by atoms with E-state index in [-0.39, 0.29) is 17.3 Å². The molecule has 11 heteroatoms. The first-order valence-corrected chi connectivity index (χ1v) is 9.53. The minimum absolute atomic E-state index is 0.0310. The van der Waals surface area contributed by atoms with Crippen LogP contribution in [0.4, 0.5) is 13.2 Å². The van der Waals surface area contributed by atoms with Crippen molar-refractivity contribution in [3.63, 3.8) is 0 Å². The van der Waals surface area contributed by atoms with E-state index in [1.54, 1.807) is 42.8 Å². The third-order valence-corrected chi connectivity index (χ3v) is 4.95. The molecular weight excluding hydrogens is 415 g/mol. The second kappa shape index (κ2) is 7.40. The lowest BCUT2D eigenvalue weighted by Gasteiger charge is -2.23. The Labute approximate surface area is 175 Å². The SMILES string of the molecule is CC(=O)C(C)(C)Oc1ccc2c(c1)OCCn1cc(-c3ncnn3CC(F)(F)F)nc1-2. The minimum Gasteiger partial charge on any atom is -0.491 e. The number of benzene rings is 1. The Bertz CT molecular complexity index is 1130. The summed E-state index contributed by atoms with van der Waals surface area (Å²) in [5.41, 5.74) is -0.0612. The smallest absolute Gasteiger partial charge is 0.408 e. The van der Waals surface area contributed by atoms with Crippen molar-refractivity contribution in [1.82, 2.24) is 24.3 Å². The number of alkyl halides is 3. The molecule has 1 aliphatic rings. The van der Waals surface area contributed by atoms with Gasteiger partial charge in [0.2, 0.25) is 0 Å². The Kier molecular flexibility index (Phi) is 4.98. The number of carbonyl (C=O) groups is 1. The number of imidazole rings is 1. The fraction of sp³-hybridized carbons (Fsp3) is 0.400. The fourth-order valence-electron chi connectivity index (χ4n) is 3.15. The number of hydrogen-bond acceptors (Lipinski definition) is 6. The average Bonchev–Trinajstić information content (AvgIpc) is 3.23. The van der Waals surface area contributed by atoms with Gasteiger partial charge in [-0.1, -0.05) is 0 Å². The Morgan fingerprint density at radius 1 is 1.26 bits per heavy atom. The highest BCUT2D eigenvalue weighted by Crippen LogP contribution is 2.37. The summed E-state index contributed by atoms with van der Waals surface area (Å²) in [4.78, 5) is 20.2. The lowest BCUT2D eigenvalue weighted by Crippen LogP contribution is -2.36. The first kappa shape index (κ1) is 20.9. The summed E-state index contributed by atoms with van der Waals surface area (Å²) < 4.78 is 52.7. The van der Waals surface area contributed by atoms with Crippen molar-refractivity contribution in [1.29, 1.82) is 0 Å². The molecule has 0 saturated carbocycles. The number of fused-ring (bicyclic) bond motifs is 3. The number of carbonyl (C=O) groups excluding carboxylic acids is 1. The number of ketones is 1. The second-order valence-corrected chi connectivity index (χ2v) is 7.67. The molecular formula is C20H20F3N5O3. The number of hydrogen-bond donors (Lipinski definition) is 0. The molecule has 31 heavy (non-hydrogen) atoms. The third kappa shape index (κ3) is 4.25. The van der Waals surface area contributed by atoms with Crippen LogP contribution in [0.15, 0.2) is 30.7 Å². The van der Waals surface area contributed by atoms with E-state index in [0.717, 1.165) is 11.0 Å². The van der Waals surface area contributed by atoms with Crippen LogP contribution in [0.1, 0.15) is 20.8 Å². The molecule has 0 bridgehead atoms. The van der Waals surface area contributed by atoms with Crippen LogP contribution >= 0.6 is 0 Å². The van der Waals surface area contributed by atoms with Crippen LogP contribution in [0.3, 0.4) is 0 Å². The Morgan fingerprint density at radius 2 is 2.03 bits per heavy atom. The molecule has 0 fully saturated rings. The fourth-order valence-corrected chi connectivity index (χ4v) is 3.15. The van der Waals surface area contributed by atoms with Crippen LogP contribution in [-0.2, 0) is 17.9 Å². The summed E-state index contributed by atoms with van der Waals surface area (Å²) >= 11 is 0. The van der Waals surface area contributed by atoms with Gasteiger partial charge in [-0.05, 0) is 32.9 Å². The first-order chi connectivity index (χ1) is 14.5. The monoisotopic (exact) mass is 435 g/mol. The van der Waals surface area contributed by atoms with Gasteiger partial charge >= 0.3 is 6.18 Å². The highest BCUT2D eigenvalue weighted by Gasteiger charge is 2.31. The zero-order chi connectivity index (χ0) is 22.4. The van der Waals surface area contributed by atoms with Crippen LogP contribution in [-0.4, -0.2) is 48.5 Å². The quantitative estimate of drug-likeness (QED) is 0.610. The Balaban J connectivity index is 1.69. The molecule has 0 N–H and O–H groups in total. The summed E-state index contributed by atoms with van der Waals surface area (Å²) in [6, 6.07) is 5.12. The van der Waals surface area contributed by atoms with Crippen molar-refractivity contribution in [2.45, 2.75) is 45.6 Å². The Morgan fingerprint density at radius 3 is 2.74 bits per heavy atom. The molecule has 1 aromatic carbocycles. The largest absolute Gasteiger partial charge is 0.491 e. The predicted molar refractivity (Wildman–Crippen MR) is 104 cm³/mol. The van der Waals surface area contributed by atoms with Gasteiger partial charge in [-0.2, -0.15) is 18.3 Å². The lowest BCUT2D eigenvalue weighted by molar-refractivity contribution is -0.142. The Hall–Kier alpha value is -3.37. The summed E-state index contributed by atoms with van der Waals surface area (Å²) in [6.45, 7) is 4.33. The topological polar surface area (TPSA) is 84.1 Å². The number of Topliss-reactive ketones (excluding diaryl/α,β-unsaturated/α-hetero) is 1. The highest BCUT2D eigenvalue weighted by atomic mass is 19.4. The van der Waals surface area contributed by atoms with Crippen LogP contribution in [0.5, 0.6) is 11.5 Å². The molecule has 0 unspecified atom stereocenters. The molecule has 0 saturated heterocycles. The third-order valence-electron chi connectivity index (χ3n) is 4.95. The normalized spacial score (nSPS) is 13.7. The summed E-state index contributed by atoms with van der Waals surface area (Å²) in [5.74, 6) is 1.41. The number of halogens is 3. The molecule has 0 aliphatic carbocycles. The number of ether oxygens (including phenoxy) is 2. The van der Waals surface area contributed by atoms with Gasteiger partial charge in [-0.15, -0.1) is 0 Å². The van der Waals surface area contributed by atoms with E-state index >= 15 is 0 Å². The van der Waals surface area contributed by atoms with Gasteiger partial charge in [0, 0.05) is 12.3 Å². The van der Waals surface area contributed by atoms with E-state index in [1.165, 1.54) is 6.92 Å². The van der Waals surface area contributed by atoms with Gasteiger partial charge in [0.25, 0.3) is 0 Å². The van der Waals surface area contributed by atoms with Gasteiger partial charge in [0.05, 0.1) is 12.1 Å². The van der Waals surface area contributed by atoms with Crippen molar-refractivity contribution in [2.75, 3.05) is 6.61 Å². The van der Waals surface area contributed by atoms with Crippen molar-refractivity contribution in [3.05, 3.63) is 30.7 Å². The zero-order valence-electron chi connectivity index (χ0n) is 17.1. The number of nitrogens with zero attached hydrogens (tertiary/aromatic N) is 5. The standard InChI is InChI=1S/C20H20F3N5O3/c1-12(29)19(2,3)31-13-4-5-14-16(8-13)30-7-6-27-9-15(26-17(14)27)18-24-11-25-28(18)10-20(21,22)23/h4-5,8-9,11H,6-7,10H2,1-3H3. The van der Waals surface area contributed by atoms with Crippen molar-refractivity contribution in [3.8, 4) is 34.4 Å². The van der Waals surface area contributed by atoms with E-state index < -0.39 is 18.3 Å². The van der Waals surface area contributed by atoms with E-state index in [0.29, 0.717) is 36.0 Å². The van der Waals surface area contributed by atoms with Gasteiger partial charge in [-0.3, -0.25) is 4.79 Å². The summed E-state index contributed by atoms with van der Waals surface area (Å²) in [7, 11) is 0. The van der Waals surface area contributed by atoms with E-state index in [2.05, 4.69) is 15.1 Å². The first-order valence-electron chi connectivity index (χ1n) is 9.53. The molecule has 8 nitrogen and oxygen atoms in total. The minimum atomic E-state index is -4.43. The molecule has 0 atom stereocenters. The molecule has 0 spiro atoms. The van der Waals surface area contributed by atoms with Crippen LogP contribution in [0.25, 0.3) is 22.9 Å². The maximum Gasteiger partial charge on any atom is 0.408 e. The molecule has 0 radical (unpaired) electrons. The lowest BCUT2D eigenvalue weighted by atomic mass is 10.1. The number of aromatic nitrogens is 5. The van der Waals surface area contributed by atoms with Crippen molar-refractivity contribution < 1.29 is 27.4 Å². The highest BCUT2D eigenvalue weighted by molar-refractivity contribution is 5.84. The summed E-state index contributed by atoms with van der Waals surface area (Å²) in [6.07, 6.45) is -1.72. The zero-order valence-corrected chi connectivity index (χ0v) is 17.1. The molecule has 164 valence electrons. The second-order valence-electron chi connectivity index (χ2n) is 7.67. The molecule has 2 aromatic heterocycles. The van der Waals surface area contributed by atoms with Crippen LogP contribution in [0.2, 0.25) is 0 Å². The molecule has 1 aliphatic heterocycles. The maximum absolute atomic E-state index is 12.8. The molecule has 3 heterocycles. The van der Waals surface area contributed by atoms with Crippen molar-refractivity contribution in [2.24, 2.45) is 0 Å². The average molecular weight is 435 g/mol.